The lowest BCUT2D eigenvalue weighted by atomic mass is 9.96. The quantitative estimate of drug-likeness (QED) is 0.368. The lowest BCUT2D eigenvalue weighted by Gasteiger charge is -2.11. The van der Waals surface area contributed by atoms with Gasteiger partial charge in [-0.15, -0.1) is 0 Å². The molecule has 144 valence electrons. The Balaban J connectivity index is 2.30. The van der Waals surface area contributed by atoms with Crippen LogP contribution in [-0.2, 0) is 23.0 Å². The second-order valence-electron chi connectivity index (χ2n) is 7.23. The number of fused-ring (bicyclic) bond motifs is 1. The molecule has 0 heterocycles. The summed E-state index contributed by atoms with van der Waals surface area (Å²) in [5.74, 6) is 0. The van der Waals surface area contributed by atoms with E-state index < -0.39 is 10.1 Å². The lowest BCUT2D eigenvalue weighted by molar-refractivity contribution is 0.483. The minimum Gasteiger partial charge on any atom is -0.282 e. The van der Waals surface area contributed by atoms with Crippen LogP contribution >= 0.6 is 0 Å². The molecule has 0 spiro atoms. The molecule has 0 aliphatic rings. The van der Waals surface area contributed by atoms with Crippen LogP contribution in [0.3, 0.4) is 0 Å². The first-order valence-electron chi connectivity index (χ1n) is 9.98. The molecule has 0 atom stereocenters. The van der Waals surface area contributed by atoms with Crippen LogP contribution in [0.25, 0.3) is 10.8 Å². The number of hydrogen-bond donors (Lipinski definition) is 1. The van der Waals surface area contributed by atoms with Gasteiger partial charge in [-0.2, -0.15) is 8.42 Å². The van der Waals surface area contributed by atoms with Crippen LogP contribution in [0.5, 0.6) is 0 Å². The molecule has 4 heteroatoms. The molecular weight excluding hydrogens is 344 g/mol. The Hall–Kier alpha value is -1.39. The van der Waals surface area contributed by atoms with Gasteiger partial charge in [-0.05, 0) is 59.7 Å². The Labute approximate surface area is 158 Å². The molecule has 0 bridgehead atoms. The fourth-order valence-electron chi connectivity index (χ4n) is 3.46. The molecule has 0 saturated carbocycles. The Kier molecular flexibility index (Phi) is 8.11. The van der Waals surface area contributed by atoms with Gasteiger partial charge in [-0.1, -0.05) is 70.6 Å². The zero-order chi connectivity index (χ0) is 19.0. The molecule has 0 saturated heterocycles. The van der Waals surface area contributed by atoms with Gasteiger partial charge in [0.2, 0.25) is 0 Å². The van der Waals surface area contributed by atoms with E-state index >= 15 is 0 Å². The lowest BCUT2D eigenvalue weighted by Crippen LogP contribution is -2.01. The van der Waals surface area contributed by atoms with E-state index in [-0.39, 0.29) is 4.90 Å². The second-order valence-corrected chi connectivity index (χ2v) is 8.66. The fourth-order valence-corrected chi connectivity index (χ4v) is 4.03. The molecule has 26 heavy (non-hydrogen) atoms. The minimum atomic E-state index is -4.18. The molecule has 0 aliphatic heterocycles. The summed E-state index contributed by atoms with van der Waals surface area (Å²) in [4.78, 5) is 0.00573. The molecule has 0 fully saturated rings. The van der Waals surface area contributed by atoms with Crippen LogP contribution < -0.4 is 0 Å². The maximum absolute atomic E-state index is 11.6. The van der Waals surface area contributed by atoms with Gasteiger partial charge < -0.3 is 0 Å². The van der Waals surface area contributed by atoms with Crippen molar-refractivity contribution in [2.75, 3.05) is 0 Å². The summed E-state index contributed by atoms with van der Waals surface area (Å²) >= 11 is 0. The van der Waals surface area contributed by atoms with E-state index in [1.165, 1.54) is 44.1 Å². The van der Waals surface area contributed by atoms with Crippen molar-refractivity contribution >= 4 is 20.9 Å². The third kappa shape index (κ3) is 6.10. The predicted molar refractivity (Wildman–Crippen MR) is 109 cm³/mol. The molecule has 2 rings (SSSR count). The number of hydrogen-bond acceptors (Lipinski definition) is 2. The third-order valence-electron chi connectivity index (χ3n) is 4.99. The summed E-state index contributed by atoms with van der Waals surface area (Å²) in [7, 11) is -4.18. The van der Waals surface area contributed by atoms with Crippen LogP contribution in [0, 0.1) is 0 Å². The third-order valence-corrected chi connectivity index (χ3v) is 5.83. The SMILES string of the molecule is CCCCCCc1ccc2cc(S(=O)(=O)O)cc(CCCCCC)c2c1. The van der Waals surface area contributed by atoms with E-state index in [0.29, 0.717) is 0 Å². The van der Waals surface area contributed by atoms with Crippen molar-refractivity contribution in [1.82, 2.24) is 0 Å². The Morgan fingerprint density at radius 1 is 0.808 bits per heavy atom. The molecule has 0 aromatic heterocycles. The van der Waals surface area contributed by atoms with Crippen LogP contribution in [-0.4, -0.2) is 13.0 Å². The minimum absolute atomic E-state index is 0.00573. The van der Waals surface area contributed by atoms with E-state index in [1.54, 1.807) is 12.1 Å². The average Bonchev–Trinajstić information content (AvgIpc) is 2.61. The Morgan fingerprint density at radius 2 is 1.46 bits per heavy atom. The predicted octanol–water partition coefficient (Wildman–Crippen LogP) is 6.33. The standard InChI is InChI=1S/C22H32O3S/c1-3-5-7-9-11-18-13-14-20-17-21(26(23,24)25)16-19(22(20)15-18)12-10-8-6-4-2/h13-17H,3-12H2,1-2H3,(H,23,24,25). The van der Waals surface area contributed by atoms with Crippen LogP contribution in [0.2, 0.25) is 0 Å². The molecule has 0 amide bonds. The van der Waals surface area contributed by atoms with E-state index in [2.05, 4.69) is 26.0 Å². The number of unbranched alkanes of at least 4 members (excludes halogenated alkanes) is 6. The van der Waals surface area contributed by atoms with Gasteiger partial charge in [0.25, 0.3) is 10.1 Å². The van der Waals surface area contributed by atoms with Gasteiger partial charge in [0, 0.05) is 0 Å². The van der Waals surface area contributed by atoms with Crippen LogP contribution in [0.1, 0.15) is 76.3 Å². The zero-order valence-corrected chi connectivity index (χ0v) is 16.9. The number of aryl methyl sites for hydroxylation is 2. The summed E-state index contributed by atoms with van der Waals surface area (Å²) in [6.45, 7) is 4.40. The molecule has 1 N–H and O–H groups in total. The van der Waals surface area contributed by atoms with Gasteiger partial charge in [0.15, 0.2) is 0 Å². The Bertz CT molecular complexity index is 809. The highest BCUT2D eigenvalue weighted by atomic mass is 32.2. The molecule has 0 unspecified atom stereocenters. The van der Waals surface area contributed by atoms with Crippen molar-refractivity contribution in [2.45, 2.75) is 83.0 Å². The molecule has 0 radical (unpaired) electrons. The topological polar surface area (TPSA) is 54.4 Å². The van der Waals surface area contributed by atoms with Crippen LogP contribution in [0.15, 0.2) is 35.2 Å². The average molecular weight is 377 g/mol. The van der Waals surface area contributed by atoms with Crippen molar-refractivity contribution in [1.29, 1.82) is 0 Å². The van der Waals surface area contributed by atoms with Crippen LogP contribution in [0.4, 0.5) is 0 Å². The van der Waals surface area contributed by atoms with Gasteiger partial charge in [-0.25, -0.2) is 0 Å². The van der Waals surface area contributed by atoms with E-state index in [0.717, 1.165) is 42.0 Å². The highest BCUT2D eigenvalue weighted by Gasteiger charge is 2.14. The molecular formula is C22H32O3S. The first-order valence-corrected chi connectivity index (χ1v) is 11.4. The molecule has 2 aromatic rings. The van der Waals surface area contributed by atoms with Gasteiger partial charge in [0.1, 0.15) is 0 Å². The van der Waals surface area contributed by atoms with Gasteiger partial charge >= 0.3 is 0 Å². The molecule has 2 aromatic carbocycles. The van der Waals surface area contributed by atoms with E-state index in [4.69, 9.17) is 0 Å². The van der Waals surface area contributed by atoms with E-state index in [1.807, 2.05) is 6.07 Å². The highest BCUT2D eigenvalue weighted by molar-refractivity contribution is 7.85. The number of benzene rings is 2. The summed E-state index contributed by atoms with van der Waals surface area (Å²) in [6.07, 6.45) is 11.4. The van der Waals surface area contributed by atoms with Crippen molar-refractivity contribution < 1.29 is 13.0 Å². The van der Waals surface area contributed by atoms with Crippen molar-refractivity contribution in [3.8, 4) is 0 Å². The van der Waals surface area contributed by atoms with E-state index in [9.17, 15) is 13.0 Å². The maximum atomic E-state index is 11.6. The highest BCUT2D eigenvalue weighted by Crippen LogP contribution is 2.27. The molecule has 0 aliphatic carbocycles. The normalized spacial score (nSPS) is 12.0. The summed E-state index contributed by atoms with van der Waals surface area (Å²) in [6, 6.07) is 9.54. The summed E-state index contributed by atoms with van der Waals surface area (Å²) in [5.41, 5.74) is 2.34. The smallest absolute Gasteiger partial charge is 0.282 e. The summed E-state index contributed by atoms with van der Waals surface area (Å²) in [5, 5.41) is 2.02. The fraction of sp³-hybridized carbons (Fsp3) is 0.545. The largest absolute Gasteiger partial charge is 0.294 e. The van der Waals surface area contributed by atoms with Crippen molar-refractivity contribution in [2.24, 2.45) is 0 Å². The molecule has 3 nitrogen and oxygen atoms in total. The Morgan fingerprint density at radius 3 is 2.08 bits per heavy atom. The van der Waals surface area contributed by atoms with Gasteiger partial charge in [0.05, 0.1) is 4.90 Å². The van der Waals surface area contributed by atoms with Gasteiger partial charge in [-0.3, -0.25) is 4.55 Å². The summed E-state index contributed by atoms with van der Waals surface area (Å²) < 4.78 is 32.7. The number of rotatable bonds is 11. The maximum Gasteiger partial charge on any atom is 0.294 e. The zero-order valence-electron chi connectivity index (χ0n) is 16.1. The first-order chi connectivity index (χ1) is 12.5. The second kappa shape index (κ2) is 10.1. The first kappa shape index (κ1) is 20.9. The van der Waals surface area contributed by atoms with Crippen molar-refractivity contribution in [3.63, 3.8) is 0 Å². The van der Waals surface area contributed by atoms with Crippen molar-refractivity contribution in [3.05, 3.63) is 41.5 Å². The monoisotopic (exact) mass is 376 g/mol.